The van der Waals surface area contributed by atoms with Gasteiger partial charge in [0.1, 0.15) is 0 Å². The highest BCUT2D eigenvalue weighted by molar-refractivity contribution is 7.80. The number of carbonyl (C=O) groups excluding carboxylic acids is 1. The van der Waals surface area contributed by atoms with Crippen molar-refractivity contribution in [3.8, 4) is 0 Å². The van der Waals surface area contributed by atoms with Crippen LogP contribution in [0.5, 0.6) is 0 Å². The van der Waals surface area contributed by atoms with E-state index in [0.29, 0.717) is 18.2 Å². The smallest absolute Gasteiger partial charge is 0.338 e. The second kappa shape index (κ2) is 9.51. The van der Waals surface area contributed by atoms with E-state index in [9.17, 15) is 4.79 Å². The van der Waals surface area contributed by atoms with E-state index >= 15 is 0 Å². The fourth-order valence-corrected chi connectivity index (χ4v) is 3.82. The van der Waals surface area contributed by atoms with E-state index in [-0.39, 0.29) is 5.97 Å². The highest BCUT2D eigenvalue weighted by atomic mass is 32.1. The number of piperidine rings is 1. The van der Waals surface area contributed by atoms with Gasteiger partial charge in [-0.15, -0.1) is 0 Å². The lowest BCUT2D eigenvalue weighted by atomic mass is 9.96. The van der Waals surface area contributed by atoms with Gasteiger partial charge < -0.3 is 15.0 Å². The van der Waals surface area contributed by atoms with Gasteiger partial charge in [-0.3, -0.25) is 0 Å². The molecule has 1 atom stereocenters. The Morgan fingerprint density at radius 2 is 1.89 bits per heavy atom. The number of nitrogens with zero attached hydrogens (tertiary/aromatic N) is 1. The SMILES string of the molecule is CCOC(=O)c1ccc(NC(=S)N2CCCC[C@H]2Cc2ccccc2)cc1. The van der Waals surface area contributed by atoms with Crippen molar-refractivity contribution in [2.24, 2.45) is 0 Å². The van der Waals surface area contributed by atoms with Gasteiger partial charge in [0.2, 0.25) is 0 Å². The topological polar surface area (TPSA) is 41.6 Å². The molecule has 0 unspecified atom stereocenters. The molecule has 3 rings (SSSR count). The van der Waals surface area contributed by atoms with Crippen LogP contribution in [0.4, 0.5) is 5.69 Å². The molecule has 0 spiro atoms. The van der Waals surface area contributed by atoms with Crippen LogP contribution in [0.2, 0.25) is 0 Å². The summed E-state index contributed by atoms with van der Waals surface area (Å²) < 4.78 is 5.02. The van der Waals surface area contributed by atoms with Crippen LogP contribution in [-0.4, -0.2) is 35.2 Å². The lowest BCUT2D eigenvalue weighted by Gasteiger charge is -2.38. The van der Waals surface area contributed by atoms with Gasteiger partial charge in [-0.05, 0) is 74.7 Å². The third-order valence-electron chi connectivity index (χ3n) is 4.85. The second-order valence-corrected chi connectivity index (χ2v) is 7.15. The molecule has 1 saturated heterocycles. The van der Waals surface area contributed by atoms with Crippen LogP contribution in [0.15, 0.2) is 54.6 Å². The molecule has 142 valence electrons. The van der Waals surface area contributed by atoms with E-state index in [4.69, 9.17) is 17.0 Å². The minimum Gasteiger partial charge on any atom is -0.462 e. The molecule has 2 aromatic rings. The summed E-state index contributed by atoms with van der Waals surface area (Å²) in [5, 5.41) is 4.08. The number of carbonyl (C=O) groups is 1. The van der Waals surface area contributed by atoms with Crippen molar-refractivity contribution in [1.82, 2.24) is 4.90 Å². The van der Waals surface area contributed by atoms with Crippen molar-refractivity contribution in [1.29, 1.82) is 0 Å². The van der Waals surface area contributed by atoms with E-state index in [1.54, 1.807) is 19.1 Å². The number of hydrogen-bond donors (Lipinski definition) is 1. The number of rotatable bonds is 5. The lowest BCUT2D eigenvalue weighted by molar-refractivity contribution is 0.0526. The van der Waals surface area contributed by atoms with Crippen LogP contribution in [0, 0.1) is 0 Å². The van der Waals surface area contributed by atoms with Crippen LogP contribution < -0.4 is 5.32 Å². The van der Waals surface area contributed by atoms with Crippen LogP contribution in [0.3, 0.4) is 0 Å². The third kappa shape index (κ3) is 5.30. The highest BCUT2D eigenvalue weighted by Crippen LogP contribution is 2.22. The molecule has 1 aliphatic rings. The highest BCUT2D eigenvalue weighted by Gasteiger charge is 2.24. The summed E-state index contributed by atoms with van der Waals surface area (Å²) in [4.78, 5) is 14.1. The summed E-state index contributed by atoms with van der Waals surface area (Å²) in [6, 6.07) is 18.3. The van der Waals surface area contributed by atoms with Crippen LogP contribution in [-0.2, 0) is 11.2 Å². The fraction of sp³-hybridized carbons (Fsp3) is 0.364. The van der Waals surface area contributed by atoms with Gasteiger partial charge in [0.25, 0.3) is 0 Å². The molecular formula is C22H26N2O2S. The summed E-state index contributed by atoms with van der Waals surface area (Å²) in [6.07, 6.45) is 4.56. The maximum Gasteiger partial charge on any atom is 0.338 e. The lowest BCUT2D eigenvalue weighted by Crippen LogP contribution is -2.46. The Bertz CT molecular complexity index is 762. The molecule has 5 heteroatoms. The molecule has 0 aromatic heterocycles. The van der Waals surface area contributed by atoms with Crippen LogP contribution >= 0.6 is 12.2 Å². The van der Waals surface area contributed by atoms with Crippen molar-refractivity contribution < 1.29 is 9.53 Å². The Labute approximate surface area is 166 Å². The Kier molecular flexibility index (Phi) is 6.82. The number of thiocarbonyl (C=S) groups is 1. The van der Waals surface area contributed by atoms with Gasteiger partial charge in [-0.2, -0.15) is 0 Å². The molecule has 0 radical (unpaired) electrons. The number of anilines is 1. The van der Waals surface area contributed by atoms with Crippen molar-refractivity contribution in [2.45, 2.75) is 38.6 Å². The van der Waals surface area contributed by atoms with Gasteiger partial charge in [0.15, 0.2) is 5.11 Å². The minimum atomic E-state index is -0.300. The van der Waals surface area contributed by atoms with Gasteiger partial charge in [-0.25, -0.2) is 4.79 Å². The number of likely N-dealkylation sites (tertiary alicyclic amines) is 1. The van der Waals surface area contributed by atoms with Crippen molar-refractivity contribution >= 4 is 29.0 Å². The molecule has 2 aromatic carbocycles. The number of esters is 1. The number of nitrogens with one attached hydrogen (secondary N) is 1. The molecule has 1 aliphatic heterocycles. The molecule has 4 nitrogen and oxygen atoms in total. The Morgan fingerprint density at radius 1 is 1.15 bits per heavy atom. The van der Waals surface area contributed by atoms with Crippen LogP contribution in [0.1, 0.15) is 42.1 Å². The van der Waals surface area contributed by atoms with Gasteiger partial charge >= 0.3 is 5.97 Å². The molecule has 1 N–H and O–H groups in total. The first-order chi connectivity index (χ1) is 13.2. The monoisotopic (exact) mass is 382 g/mol. The van der Waals surface area contributed by atoms with Crippen molar-refractivity contribution in [3.05, 3.63) is 65.7 Å². The van der Waals surface area contributed by atoms with E-state index < -0.39 is 0 Å². The maximum atomic E-state index is 11.8. The first-order valence-corrected chi connectivity index (χ1v) is 9.97. The zero-order chi connectivity index (χ0) is 19.1. The van der Waals surface area contributed by atoms with Gasteiger partial charge in [0, 0.05) is 18.3 Å². The second-order valence-electron chi connectivity index (χ2n) is 6.76. The van der Waals surface area contributed by atoms with E-state index in [1.807, 2.05) is 18.2 Å². The molecular weight excluding hydrogens is 356 g/mol. The summed E-state index contributed by atoms with van der Waals surface area (Å²) in [6.45, 7) is 3.15. The molecule has 0 amide bonds. The minimum absolute atomic E-state index is 0.300. The molecule has 0 bridgehead atoms. The standard InChI is InChI=1S/C22H26N2O2S/c1-2-26-21(25)18-11-13-19(14-12-18)23-22(27)24-15-7-6-10-20(24)16-17-8-4-3-5-9-17/h3-5,8-9,11-14,20H,2,6-7,10,15-16H2,1H3,(H,23,27)/t20-/m0/s1. The molecule has 1 heterocycles. The van der Waals surface area contributed by atoms with E-state index in [0.717, 1.165) is 36.6 Å². The van der Waals surface area contributed by atoms with E-state index in [1.165, 1.54) is 12.0 Å². The molecule has 27 heavy (non-hydrogen) atoms. The predicted octanol–water partition coefficient (Wildman–Crippen LogP) is 4.66. The summed E-state index contributed by atoms with van der Waals surface area (Å²) in [5.41, 5.74) is 2.78. The third-order valence-corrected chi connectivity index (χ3v) is 5.19. The average molecular weight is 383 g/mol. The Morgan fingerprint density at radius 3 is 2.59 bits per heavy atom. The predicted molar refractivity (Wildman–Crippen MR) is 113 cm³/mol. The quantitative estimate of drug-likeness (QED) is 0.602. The van der Waals surface area contributed by atoms with E-state index in [2.05, 4.69) is 34.5 Å². The molecule has 0 saturated carbocycles. The van der Waals surface area contributed by atoms with Crippen molar-refractivity contribution in [2.75, 3.05) is 18.5 Å². The summed E-state index contributed by atoms with van der Waals surface area (Å²) in [7, 11) is 0. The van der Waals surface area contributed by atoms with Gasteiger partial charge in [0.05, 0.1) is 12.2 Å². The summed E-state index contributed by atoms with van der Waals surface area (Å²) >= 11 is 5.70. The zero-order valence-corrected chi connectivity index (χ0v) is 16.5. The molecule has 0 aliphatic carbocycles. The number of ether oxygens (including phenoxy) is 1. The zero-order valence-electron chi connectivity index (χ0n) is 15.7. The largest absolute Gasteiger partial charge is 0.462 e. The molecule has 1 fully saturated rings. The maximum absolute atomic E-state index is 11.8. The Hall–Kier alpha value is -2.40. The number of hydrogen-bond acceptors (Lipinski definition) is 3. The summed E-state index contributed by atoms with van der Waals surface area (Å²) in [5.74, 6) is -0.300. The van der Waals surface area contributed by atoms with Gasteiger partial charge in [-0.1, -0.05) is 30.3 Å². The first-order valence-electron chi connectivity index (χ1n) is 9.56. The average Bonchev–Trinajstić information content (AvgIpc) is 2.70. The van der Waals surface area contributed by atoms with Crippen molar-refractivity contribution in [3.63, 3.8) is 0 Å². The first kappa shape index (κ1) is 19.4. The van der Waals surface area contributed by atoms with Crippen LogP contribution in [0.25, 0.3) is 0 Å². The normalized spacial score (nSPS) is 16.6. The number of benzene rings is 2. The Balaban J connectivity index is 1.63. The fourth-order valence-electron chi connectivity index (χ4n) is 3.47.